The van der Waals surface area contributed by atoms with E-state index in [1.807, 2.05) is 24.3 Å². The summed E-state index contributed by atoms with van der Waals surface area (Å²) in [5.74, 6) is 0.730. The SMILES string of the molecule is CCCCC(CCC)NCC(=O)Nc1cccc(OC)c1. The van der Waals surface area contributed by atoms with E-state index in [1.54, 1.807) is 7.11 Å². The van der Waals surface area contributed by atoms with E-state index < -0.39 is 0 Å². The highest BCUT2D eigenvalue weighted by Crippen LogP contribution is 2.16. The van der Waals surface area contributed by atoms with E-state index in [9.17, 15) is 4.79 Å². The molecule has 0 saturated carbocycles. The normalized spacial score (nSPS) is 12.0. The van der Waals surface area contributed by atoms with Gasteiger partial charge in [0, 0.05) is 17.8 Å². The molecule has 1 rings (SSSR count). The monoisotopic (exact) mass is 292 g/mol. The summed E-state index contributed by atoms with van der Waals surface area (Å²) in [4.78, 5) is 12.0. The summed E-state index contributed by atoms with van der Waals surface area (Å²) in [6.45, 7) is 4.72. The maximum atomic E-state index is 12.0. The van der Waals surface area contributed by atoms with Gasteiger partial charge in [-0.15, -0.1) is 0 Å². The van der Waals surface area contributed by atoms with Crippen molar-refractivity contribution in [3.8, 4) is 5.75 Å². The molecule has 1 aromatic rings. The zero-order valence-corrected chi connectivity index (χ0v) is 13.4. The van der Waals surface area contributed by atoms with Gasteiger partial charge < -0.3 is 15.4 Å². The number of nitrogens with one attached hydrogen (secondary N) is 2. The summed E-state index contributed by atoms with van der Waals surface area (Å²) in [5.41, 5.74) is 0.766. The van der Waals surface area contributed by atoms with Gasteiger partial charge in [-0.2, -0.15) is 0 Å². The maximum Gasteiger partial charge on any atom is 0.238 e. The molecule has 1 amide bonds. The summed E-state index contributed by atoms with van der Waals surface area (Å²) in [6.07, 6.45) is 5.79. The fraction of sp³-hybridized carbons (Fsp3) is 0.588. The first kappa shape index (κ1) is 17.5. The van der Waals surface area contributed by atoms with E-state index in [-0.39, 0.29) is 5.91 Å². The highest BCUT2D eigenvalue weighted by atomic mass is 16.5. The summed E-state index contributed by atoms with van der Waals surface area (Å²) >= 11 is 0. The lowest BCUT2D eigenvalue weighted by Crippen LogP contribution is -2.36. The Labute approximate surface area is 128 Å². The second-order valence-corrected chi connectivity index (χ2v) is 5.29. The van der Waals surface area contributed by atoms with Crippen molar-refractivity contribution in [2.24, 2.45) is 0 Å². The molecular formula is C17H28N2O2. The Balaban J connectivity index is 2.40. The molecule has 0 heterocycles. The van der Waals surface area contributed by atoms with Gasteiger partial charge in [0.2, 0.25) is 5.91 Å². The van der Waals surface area contributed by atoms with Crippen LogP contribution >= 0.6 is 0 Å². The van der Waals surface area contributed by atoms with E-state index in [4.69, 9.17) is 4.74 Å². The predicted octanol–water partition coefficient (Wildman–Crippen LogP) is 3.58. The van der Waals surface area contributed by atoms with Gasteiger partial charge in [-0.3, -0.25) is 4.79 Å². The van der Waals surface area contributed by atoms with Crippen LogP contribution in [0.1, 0.15) is 46.0 Å². The molecule has 4 nitrogen and oxygen atoms in total. The van der Waals surface area contributed by atoms with Crippen molar-refractivity contribution in [2.45, 2.75) is 52.0 Å². The van der Waals surface area contributed by atoms with Crippen LogP contribution in [0, 0.1) is 0 Å². The van der Waals surface area contributed by atoms with Crippen LogP contribution in [0.5, 0.6) is 5.75 Å². The van der Waals surface area contributed by atoms with Crippen molar-refractivity contribution in [1.29, 1.82) is 0 Å². The lowest BCUT2D eigenvalue weighted by atomic mass is 10.1. The van der Waals surface area contributed by atoms with Gasteiger partial charge in [0.15, 0.2) is 0 Å². The number of ether oxygens (including phenoxy) is 1. The van der Waals surface area contributed by atoms with Gasteiger partial charge in [0.1, 0.15) is 5.75 Å². The molecule has 118 valence electrons. The first-order valence-corrected chi connectivity index (χ1v) is 7.86. The van der Waals surface area contributed by atoms with Gasteiger partial charge >= 0.3 is 0 Å². The topological polar surface area (TPSA) is 50.4 Å². The van der Waals surface area contributed by atoms with Gasteiger partial charge in [-0.1, -0.05) is 39.2 Å². The summed E-state index contributed by atoms with van der Waals surface area (Å²) in [5, 5.41) is 6.25. The summed E-state index contributed by atoms with van der Waals surface area (Å²) in [7, 11) is 1.62. The van der Waals surface area contributed by atoms with Crippen LogP contribution in [0.15, 0.2) is 24.3 Å². The smallest absolute Gasteiger partial charge is 0.238 e. The van der Waals surface area contributed by atoms with Crippen LogP contribution < -0.4 is 15.4 Å². The minimum absolute atomic E-state index is 0.0131. The molecule has 1 unspecified atom stereocenters. The maximum absolute atomic E-state index is 12.0. The number of unbranched alkanes of at least 4 members (excludes halogenated alkanes) is 1. The Hall–Kier alpha value is -1.55. The van der Waals surface area contributed by atoms with Crippen molar-refractivity contribution < 1.29 is 9.53 Å². The first-order valence-electron chi connectivity index (χ1n) is 7.86. The van der Waals surface area contributed by atoms with Crippen LogP contribution in [0.4, 0.5) is 5.69 Å². The van der Waals surface area contributed by atoms with E-state index in [0.717, 1.165) is 30.7 Å². The lowest BCUT2D eigenvalue weighted by molar-refractivity contribution is -0.115. The largest absolute Gasteiger partial charge is 0.497 e. The number of hydrogen-bond donors (Lipinski definition) is 2. The number of carbonyl (C=O) groups excluding carboxylic acids is 1. The molecule has 0 bridgehead atoms. The third-order valence-corrected chi connectivity index (χ3v) is 3.45. The van der Waals surface area contributed by atoms with Crippen molar-refractivity contribution in [3.63, 3.8) is 0 Å². The Kier molecular flexibility index (Phi) is 8.51. The van der Waals surface area contributed by atoms with E-state index in [2.05, 4.69) is 24.5 Å². The van der Waals surface area contributed by atoms with Gasteiger partial charge in [-0.05, 0) is 25.0 Å². The second kappa shape index (κ2) is 10.2. The Morgan fingerprint density at radius 3 is 2.71 bits per heavy atom. The molecule has 0 fully saturated rings. The van der Waals surface area contributed by atoms with Crippen molar-refractivity contribution >= 4 is 11.6 Å². The average Bonchev–Trinajstić information content (AvgIpc) is 2.50. The standard InChI is InChI=1S/C17H28N2O2/c1-4-6-9-14(8-5-2)18-13-17(20)19-15-10-7-11-16(12-15)21-3/h7,10-12,14,18H,4-6,8-9,13H2,1-3H3,(H,19,20). The molecule has 1 atom stereocenters. The molecule has 0 aliphatic rings. The van der Waals surface area contributed by atoms with Gasteiger partial charge in [-0.25, -0.2) is 0 Å². The van der Waals surface area contributed by atoms with Crippen LogP contribution in [0.2, 0.25) is 0 Å². The number of benzene rings is 1. The zero-order chi connectivity index (χ0) is 15.5. The average molecular weight is 292 g/mol. The summed E-state index contributed by atoms with van der Waals surface area (Å²) < 4.78 is 5.14. The number of carbonyl (C=O) groups is 1. The van der Waals surface area contributed by atoms with Crippen LogP contribution in [-0.4, -0.2) is 25.6 Å². The minimum atomic E-state index is -0.0131. The zero-order valence-electron chi connectivity index (χ0n) is 13.4. The Morgan fingerprint density at radius 1 is 1.24 bits per heavy atom. The molecule has 0 aliphatic heterocycles. The third-order valence-electron chi connectivity index (χ3n) is 3.45. The molecule has 0 aromatic heterocycles. The molecule has 0 saturated heterocycles. The lowest BCUT2D eigenvalue weighted by Gasteiger charge is -2.17. The molecular weight excluding hydrogens is 264 g/mol. The molecule has 21 heavy (non-hydrogen) atoms. The highest BCUT2D eigenvalue weighted by molar-refractivity contribution is 5.92. The van der Waals surface area contributed by atoms with Crippen molar-refractivity contribution in [3.05, 3.63) is 24.3 Å². The molecule has 2 N–H and O–H groups in total. The molecule has 4 heteroatoms. The van der Waals surface area contributed by atoms with E-state index in [0.29, 0.717) is 12.6 Å². The fourth-order valence-electron chi connectivity index (χ4n) is 2.29. The predicted molar refractivity (Wildman–Crippen MR) is 87.8 cm³/mol. The number of methoxy groups -OCH3 is 1. The highest BCUT2D eigenvalue weighted by Gasteiger charge is 2.09. The van der Waals surface area contributed by atoms with Crippen LogP contribution in [-0.2, 0) is 4.79 Å². The number of anilines is 1. The molecule has 0 spiro atoms. The van der Waals surface area contributed by atoms with E-state index in [1.165, 1.54) is 12.8 Å². The Morgan fingerprint density at radius 2 is 2.05 bits per heavy atom. The third kappa shape index (κ3) is 7.14. The van der Waals surface area contributed by atoms with Crippen LogP contribution in [0.3, 0.4) is 0 Å². The quantitative estimate of drug-likeness (QED) is 0.693. The molecule has 0 radical (unpaired) electrons. The molecule has 0 aliphatic carbocycles. The van der Waals surface area contributed by atoms with Crippen LogP contribution in [0.25, 0.3) is 0 Å². The van der Waals surface area contributed by atoms with Gasteiger partial charge in [0.25, 0.3) is 0 Å². The number of hydrogen-bond acceptors (Lipinski definition) is 3. The first-order chi connectivity index (χ1) is 10.2. The fourth-order valence-corrected chi connectivity index (χ4v) is 2.29. The van der Waals surface area contributed by atoms with Crippen molar-refractivity contribution in [2.75, 3.05) is 19.0 Å². The second-order valence-electron chi connectivity index (χ2n) is 5.29. The van der Waals surface area contributed by atoms with E-state index >= 15 is 0 Å². The molecule has 1 aromatic carbocycles. The Bertz CT molecular complexity index is 421. The van der Waals surface area contributed by atoms with Gasteiger partial charge in [0.05, 0.1) is 13.7 Å². The number of amides is 1. The van der Waals surface area contributed by atoms with Crippen molar-refractivity contribution in [1.82, 2.24) is 5.32 Å². The minimum Gasteiger partial charge on any atom is -0.497 e. The number of rotatable bonds is 10. The summed E-state index contributed by atoms with van der Waals surface area (Å²) in [6, 6.07) is 7.84.